The van der Waals surface area contributed by atoms with Gasteiger partial charge < -0.3 is 9.80 Å². The van der Waals surface area contributed by atoms with Gasteiger partial charge in [-0.15, -0.1) is 0 Å². The molecule has 1 spiro atoms. The third-order valence-corrected chi connectivity index (χ3v) is 6.69. The monoisotopic (exact) mass is 354 g/mol. The summed E-state index contributed by atoms with van der Waals surface area (Å²) in [5.74, 6) is 1.28. The van der Waals surface area contributed by atoms with Crippen molar-refractivity contribution in [3.05, 3.63) is 35.4 Å². The highest BCUT2D eigenvalue weighted by molar-refractivity contribution is 5.94. The first-order chi connectivity index (χ1) is 12.5. The number of carbonyl (C=O) groups is 2. The summed E-state index contributed by atoms with van der Waals surface area (Å²) in [5, 5.41) is 0. The summed E-state index contributed by atoms with van der Waals surface area (Å²) in [6.45, 7) is 5.57. The number of nitrogens with zero attached hydrogens (tertiary/aromatic N) is 2. The van der Waals surface area contributed by atoms with Crippen LogP contribution in [-0.4, -0.2) is 47.8 Å². The van der Waals surface area contributed by atoms with Crippen LogP contribution in [0.15, 0.2) is 24.3 Å². The van der Waals surface area contributed by atoms with E-state index in [1.54, 1.807) is 0 Å². The number of amides is 2. The van der Waals surface area contributed by atoms with Gasteiger partial charge in [-0.2, -0.15) is 0 Å². The molecule has 1 aromatic carbocycles. The van der Waals surface area contributed by atoms with Gasteiger partial charge in [0.05, 0.1) is 0 Å². The van der Waals surface area contributed by atoms with Crippen molar-refractivity contribution in [3.8, 4) is 0 Å². The number of benzene rings is 1. The minimum atomic E-state index is 0.156. The Morgan fingerprint density at radius 3 is 2.54 bits per heavy atom. The first-order valence-electron chi connectivity index (χ1n) is 10.2. The smallest absolute Gasteiger partial charge is 0.253 e. The summed E-state index contributed by atoms with van der Waals surface area (Å²) in [6, 6.07) is 7.88. The fraction of sp³-hybridized carbons (Fsp3) is 0.636. The van der Waals surface area contributed by atoms with Crippen molar-refractivity contribution >= 4 is 11.8 Å². The lowest BCUT2D eigenvalue weighted by Crippen LogP contribution is -2.43. The standard InChI is InChI=1S/C22H30N2O2/c1-17-3-2-4-19(15-17)21(26)23-12-9-22(10-13-23)8-7-20(25)24(14-11-22)16-18-5-6-18/h2-4,15,18H,5-14,16H2,1H3. The van der Waals surface area contributed by atoms with Crippen LogP contribution >= 0.6 is 0 Å². The molecule has 2 saturated heterocycles. The van der Waals surface area contributed by atoms with Crippen molar-refractivity contribution in [3.63, 3.8) is 0 Å². The van der Waals surface area contributed by atoms with Crippen LogP contribution in [0.1, 0.15) is 60.9 Å². The van der Waals surface area contributed by atoms with Crippen molar-refractivity contribution in [1.29, 1.82) is 0 Å². The van der Waals surface area contributed by atoms with E-state index >= 15 is 0 Å². The Labute approximate surface area is 156 Å². The highest BCUT2D eigenvalue weighted by Gasteiger charge is 2.39. The molecule has 0 aromatic heterocycles. The minimum Gasteiger partial charge on any atom is -0.342 e. The number of likely N-dealkylation sites (tertiary alicyclic amines) is 2. The van der Waals surface area contributed by atoms with Crippen LogP contribution < -0.4 is 0 Å². The molecule has 3 fully saturated rings. The van der Waals surface area contributed by atoms with Crippen LogP contribution in [0.3, 0.4) is 0 Å². The number of piperidine rings is 1. The molecule has 0 N–H and O–H groups in total. The maximum absolute atomic E-state index is 12.8. The second-order valence-electron chi connectivity index (χ2n) is 8.69. The Bertz CT molecular complexity index is 687. The van der Waals surface area contributed by atoms with Gasteiger partial charge in [-0.05, 0) is 68.9 Å². The Balaban J connectivity index is 1.36. The van der Waals surface area contributed by atoms with Gasteiger partial charge in [0, 0.05) is 38.2 Å². The molecule has 0 atom stereocenters. The molecule has 0 unspecified atom stereocenters. The molecule has 1 saturated carbocycles. The molecule has 2 heterocycles. The zero-order valence-electron chi connectivity index (χ0n) is 15.9. The molecule has 2 aliphatic heterocycles. The molecule has 0 bridgehead atoms. The zero-order valence-corrected chi connectivity index (χ0v) is 15.9. The van der Waals surface area contributed by atoms with Gasteiger partial charge in [0.25, 0.3) is 5.91 Å². The van der Waals surface area contributed by atoms with Crippen molar-refractivity contribution in [1.82, 2.24) is 9.80 Å². The Kier molecular flexibility index (Phi) is 4.76. The third-order valence-electron chi connectivity index (χ3n) is 6.69. The third kappa shape index (κ3) is 3.79. The van der Waals surface area contributed by atoms with Crippen LogP contribution in [0.2, 0.25) is 0 Å². The van der Waals surface area contributed by atoms with Crippen molar-refractivity contribution in [2.75, 3.05) is 26.2 Å². The van der Waals surface area contributed by atoms with E-state index in [9.17, 15) is 9.59 Å². The average molecular weight is 354 g/mol. The van der Waals surface area contributed by atoms with Crippen molar-refractivity contribution < 1.29 is 9.59 Å². The predicted molar refractivity (Wildman–Crippen MR) is 102 cm³/mol. The molecule has 3 aliphatic rings. The van der Waals surface area contributed by atoms with E-state index in [0.717, 1.165) is 68.9 Å². The lowest BCUT2D eigenvalue weighted by atomic mass is 9.73. The van der Waals surface area contributed by atoms with Crippen LogP contribution in [0, 0.1) is 18.3 Å². The maximum Gasteiger partial charge on any atom is 0.253 e. The molecule has 0 radical (unpaired) electrons. The van der Waals surface area contributed by atoms with E-state index in [0.29, 0.717) is 12.3 Å². The summed E-state index contributed by atoms with van der Waals surface area (Å²) in [4.78, 5) is 29.4. The number of rotatable bonds is 3. The van der Waals surface area contributed by atoms with Crippen LogP contribution in [0.5, 0.6) is 0 Å². The highest BCUT2D eigenvalue weighted by atomic mass is 16.2. The minimum absolute atomic E-state index is 0.156. The molecule has 1 aromatic rings. The van der Waals surface area contributed by atoms with Gasteiger partial charge in [-0.1, -0.05) is 17.7 Å². The van der Waals surface area contributed by atoms with Crippen molar-refractivity contribution in [2.45, 2.75) is 51.9 Å². The van der Waals surface area contributed by atoms with Gasteiger partial charge >= 0.3 is 0 Å². The van der Waals surface area contributed by atoms with E-state index in [4.69, 9.17) is 0 Å². The molecule has 4 rings (SSSR count). The number of hydrogen-bond donors (Lipinski definition) is 0. The first-order valence-corrected chi connectivity index (χ1v) is 10.2. The predicted octanol–water partition coefficient (Wildman–Crippen LogP) is 3.64. The molecular weight excluding hydrogens is 324 g/mol. The SMILES string of the molecule is Cc1cccc(C(=O)N2CCC3(CCC(=O)N(CC4CC4)CC3)CC2)c1. The topological polar surface area (TPSA) is 40.6 Å². The Morgan fingerprint density at radius 2 is 1.85 bits per heavy atom. The van der Waals surface area contributed by atoms with Gasteiger partial charge in [-0.3, -0.25) is 9.59 Å². The first kappa shape index (κ1) is 17.6. The van der Waals surface area contributed by atoms with E-state index in [1.807, 2.05) is 36.1 Å². The molecule has 140 valence electrons. The summed E-state index contributed by atoms with van der Waals surface area (Å²) < 4.78 is 0. The highest BCUT2D eigenvalue weighted by Crippen LogP contribution is 2.42. The fourth-order valence-corrected chi connectivity index (χ4v) is 4.60. The molecular formula is C22H30N2O2. The average Bonchev–Trinajstić information content (AvgIpc) is 3.48. The van der Waals surface area contributed by atoms with Crippen LogP contribution in [0.25, 0.3) is 0 Å². The van der Waals surface area contributed by atoms with E-state index in [2.05, 4.69) is 4.90 Å². The van der Waals surface area contributed by atoms with E-state index in [-0.39, 0.29) is 11.3 Å². The molecule has 1 aliphatic carbocycles. The van der Waals surface area contributed by atoms with Crippen LogP contribution in [-0.2, 0) is 4.79 Å². The number of aryl methyl sites for hydroxylation is 1. The van der Waals surface area contributed by atoms with Crippen LogP contribution in [0.4, 0.5) is 0 Å². The summed E-state index contributed by atoms with van der Waals surface area (Å²) >= 11 is 0. The largest absolute Gasteiger partial charge is 0.342 e. The summed E-state index contributed by atoms with van der Waals surface area (Å²) in [6.07, 6.45) is 7.47. The summed E-state index contributed by atoms with van der Waals surface area (Å²) in [7, 11) is 0. The maximum atomic E-state index is 12.8. The fourth-order valence-electron chi connectivity index (χ4n) is 4.60. The Hall–Kier alpha value is -1.84. The van der Waals surface area contributed by atoms with E-state index in [1.165, 1.54) is 12.8 Å². The van der Waals surface area contributed by atoms with Crippen molar-refractivity contribution in [2.24, 2.45) is 11.3 Å². The molecule has 4 nitrogen and oxygen atoms in total. The molecule has 26 heavy (non-hydrogen) atoms. The zero-order chi connectivity index (χ0) is 18.1. The quantitative estimate of drug-likeness (QED) is 0.831. The van der Waals surface area contributed by atoms with Gasteiger partial charge in [0.2, 0.25) is 5.91 Å². The Morgan fingerprint density at radius 1 is 1.12 bits per heavy atom. The lowest BCUT2D eigenvalue weighted by molar-refractivity contribution is -0.130. The normalized spacial score (nSPS) is 23.2. The molecule has 2 amide bonds. The number of hydrogen-bond acceptors (Lipinski definition) is 2. The molecule has 4 heteroatoms. The van der Waals surface area contributed by atoms with E-state index < -0.39 is 0 Å². The summed E-state index contributed by atoms with van der Waals surface area (Å²) in [5.41, 5.74) is 2.19. The van der Waals surface area contributed by atoms with Gasteiger partial charge in [0.1, 0.15) is 0 Å². The van der Waals surface area contributed by atoms with Gasteiger partial charge in [0.15, 0.2) is 0 Å². The second-order valence-corrected chi connectivity index (χ2v) is 8.69. The number of carbonyl (C=O) groups excluding carboxylic acids is 2. The lowest BCUT2D eigenvalue weighted by Gasteiger charge is -2.41. The van der Waals surface area contributed by atoms with Gasteiger partial charge in [-0.25, -0.2) is 0 Å². The second kappa shape index (κ2) is 7.05.